The van der Waals surface area contributed by atoms with Crippen molar-refractivity contribution in [2.24, 2.45) is 11.8 Å². The quantitative estimate of drug-likeness (QED) is 0.903. The van der Waals surface area contributed by atoms with Crippen LogP contribution in [0.5, 0.6) is 0 Å². The normalized spacial score (nSPS) is 28.5. The van der Waals surface area contributed by atoms with E-state index in [0.717, 1.165) is 18.4 Å². The van der Waals surface area contributed by atoms with E-state index in [-0.39, 0.29) is 12.4 Å². The van der Waals surface area contributed by atoms with E-state index in [0.29, 0.717) is 6.04 Å². The summed E-state index contributed by atoms with van der Waals surface area (Å²) in [5, 5.41) is 3.66. The van der Waals surface area contributed by atoms with Gasteiger partial charge in [0.25, 0.3) is 0 Å². The van der Waals surface area contributed by atoms with E-state index in [4.69, 9.17) is 0 Å². The number of rotatable bonds is 3. The highest BCUT2D eigenvalue weighted by atomic mass is 35.5. The molecule has 0 aliphatic heterocycles. The molecule has 2 rings (SSSR count). The summed E-state index contributed by atoms with van der Waals surface area (Å²) in [4.78, 5) is 8.07. The van der Waals surface area contributed by atoms with Crippen LogP contribution in [0.25, 0.3) is 0 Å². The molecule has 1 N–H and O–H groups in total. The Morgan fingerprint density at radius 1 is 1.18 bits per heavy atom. The van der Waals surface area contributed by atoms with Gasteiger partial charge in [0.2, 0.25) is 0 Å². The van der Waals surface area contributed by atoms with E-state index in [1.54, 1.807) is 6.33 Å². The molecule has 0 saturated heterocycles. The van der Waals surface area contributed by atoms with Crippen molar-refractivity contribution in [1.82, 2.24) is 15.3 Å². The van der Waals surface area contributed by atoms with Crippen LogP contribution in [0.15, 0.2) is 18.7 Å². The van der Waals surface area contributed by atoms with Crippen LogP contribution in [-0.4, -0.2) is 16.0 Å². The number of hydrogen-bond donors (Lipinski definition) is 1. The predicted molar refractivity (Wildman–Crippen MR) is 72.1 cm³/mol. The summed E-state index contributed by atoms with van der Waals surface area (Å²) < 4.78 is 0. The number of hydrogen-bond acceptors (Lipinski definition) is 3. The molecule has 1 aromatic rings. The third-order valence-corrected chi connectivity index (χ3v) is 3.70. The van der Waals surface area contributed by atoms with Crippen molar-refractivity contribution >= 4 is 12.4 Å². The first-order chi connectivity index (χ1) is 7.77. The average Bonchev–Trinajstić information content (AvgIpc) is 2.30. The van der Waals surface area contributed by atoms with Gasteiger partial charge in [-0.15, -0.1) is 12.4 Å². The molecule has 2 unspecified atom stereocenters. The van der Waals surface area contributed by atoms with E-state index in [9.17, 15) is 0 Å². The minimum atomic E-state index is 0. The maximum absolute atomic E-state index is 4.04. The first-order valence-electron chi connectivity index (χ1n) is 6.24. The molecule has 0 spiro atoms. The largest absolute Gasteiger partial charge is 0.309 e. The molecule has 0 amide bonds. The summed E-state index contributed by atoms with van der Waals surface area (Å²) in [7, 11) is 0. The van der Waals surface area contributed by atoms with E-state index in [1.165, 1.54) is 24.8 Å². The minimum Gasteiger partial charge on any atom is -0.309 e. The van der Waals surface area contributed by atoms with Crippen molar-refractivity contribution in [2.75, 3.05) is 0 Å². The summed E-state index contributed by atoms with van der Waals surface area (Å²) in [6.45, 7) is 5.60. The summed E-state index contributed by atoms with van der Waals surface area (Å²) in [5.41, 5.74) is 1.17. The van der Waals surface area contributed by atoms with Crippen LogP contribution in [0.2, 0.25) is 0 Å². The Labute approximate surface area is 110 Å². The number of aromatic nitrogens is 2. The van der Waals surface area contributed by atoms with E-state index in [1.807, 2.05) is 12.4 Å². The van der Waals surface area contributed by atoms with Gasteiger partial charge >= 0.3 is 0 Å². The van der Waals surface area contributed by atoms with Crippen LogP contribution in [0.3, 0.4) is 0 Å². The molecule has 96 valence electrons. The van der Waals surface area contributed by atoms with Gasteiger partial charge in [0.05, 0.1) is 0 Å². The highest BCUT2D eigenvalue weighted by Gasteiger charge is 2.26. The number of nitrogens with one attached hydrogen (secondary N) is 1. The smallest absolute Gasteiger partial charge is 0.115 e. The van der Waals surface area contributed by atoms with Crippen molar-refractivity contribution in [1.29, 1.82) is 0 Å². The van der Waals surface area contributed by atoms with Gasteiger partial charge in [-0.3, -0.25) is 0 Å². The molecule has 0 radical (unpaired) electrons. The molecule has 1 fully saturated rings. The molecule has 1 saturated carbocycles. The Hall–Kier alpha value is -0.670. The molecular weight excluding hydrogens is 234 g/mol. The van der Waals surface area contributed by atoms with Gasteiger partial charge in [0.1, 0.15) is 6.33 Å². The zero-order valence-electron chi connectivity index (χ0n) is 10.6. The Morgan fingerprint density at radius 3 is 2.35 bits per heavy atom. The van der Waals surface area contributed by atoms with Crippen LogP contribution >= 0.6 is 12.4 Å². The van der Waals surface area contributed by atoms with Crippen LogP contribution in [0.4, 0.5) is 0 Å². The van der Waals surface area contributed by atoms with E-state index in [2.05, 4.69) is 29.1 Å². The van der Waals surface area contributed by atoms with E-state index >= 15 is 0 Å². The first-order valence-corrected chi connectivity index (χ1v) is 6.24. The molecule has 1 aromatic heterocycles. The summed E-state index contributed by atoms with van der Waals surface area (Å²) >= 11 is 0. The molecule has 3 nitrogen and oxygen atoms in total. The van der Waals surface area contributed by atoms with Crippen LogP contribution in [-0.2, 0) is 6.54 Å². The molecule has 1 heterocycles. The van der Waals surface area contributed by atoms with Crippen LogP contribution in [0.1, 0.15) is 38.7 Å². The third-order valence-electron chi connectivity index (χ3n) is 3.70. The second-order valence-electron chi connectivity index (χ2n) is 5.04. The highest BCUT2D eigenvalue weighted by molar-refractivity contribution is 5.85. The standard InChI is InChI=1S/C13H21N3.ClH/c1-10-4-3-5-11(2)13(10)16-8-12-6-14-9-15-7-12;/h6-7,9-11,13,16H,3-5,8H2,1-2H3;1H. The Bertz CT molecular complexity index is 308. The molecule has 4 heteroatoms. The fourth-order valence-corrected chi connectivity index (χ4v) is 2.74. The van der Waals surface area contributed by atoms with Crippen LogP contribution < -0.4 is 5.32 Å². The van der Waals surface area contributed by atoms with Crippen molar-refractivity contribution in [3.63, 3.8) is 0 Å². The Morgan fingerprint density at radius 2 is 1.76 bits per heavy atom. The highest BCUT2D eigenvalue weighted by Crippen LogP contribution is 2.28. The fourth-order valence-electron chi connectivity index (χ4n) is 2.74. The lowest BCUT2D eigenvalue weighted by molar-refractivity contribution is 0.207. The van der Waals surface area contributed by atoms with Gasteiger partial charge in [0.15, 0.2) is 0 Å². The number of nitrogens with zero attached hydrogens (tertiary/aromatic N) is 2. The van der Waals surface area contributed by atoms with Gasteiger partial charge in [-0.1, -0.05) is 20.3 Å². The van der Waals surface area contributed by atoms with Crippen molar-refractivity contribution in [3.8, 4) is 0 Å². The maximum atomic E-state index is 4.04. The second kappa shape index (κ2) is 6.92. The molecule has 1 aliphatic carbocycles. The molecule has 17 heavy (non-hydrogen) atoms. The lowest BCUT2D eigenvalue weighted by Crippen LogP contribution is -2.42. The van der Waals surface area contributed by atoms with E-state index < -0.39 is 0 Å². The third kappa shape index (κ3) is 3.93. The second-order valence-corrected chi connectivity index (χ2v) is 5.04. The summed E-state index contributed by atoms with van der Waals surface area (Å²) in [6.07, 6.45) is 9.45. The van der Waals surface area contributed by atoms with Crippen molar-refractivity contribution < 1.29 is 0 Å². The van der Waals surface area contributed by atoms with Gasteiger partial charge in [-0.2, -0.15) is 0 Å². The molecule has 2 atom stereocenters. The van der Waals surface area contributed by atoms with Gasteiger partial charge in [0, 0.05) is 30.5 Å². The van der Waals surface area contributed by atoms with Gasteiger partial charge < -0.3 is 5.32 Å². The minimum absolute atomic E-state index is 0. The zero-order chi connectivity index (χ0) is 11.4. The first kappa shape index (κ1) is 14.4. The molecular formula is C13H22ClN3. The number of halogens is 1. The van der Waals surface area contributed by atoms with Crippen molar-refractivity contribution in [3.05, 3.63) is 24.3 Å². The lowest BCUT2D eigenvalue weighted by Gasteiger charge is -2.35. The summed E-state index contributed by atoms with van der Waals surface area (Å²) in [5.74, 6) is 1.57. The molecule has 0 bridgehead atoms. The Kier molecular flexibility index (Phi) is 5.86. The lowest BCUT2D eigenvalue weighted by atomic mass is 9.79. The fraction of sp³-hybridized carbons (Fsp3) is 0.692. The molecule has 1 aliphatic rings. The predicted octanol–water partition coefficient (Wildman–Crippen LogP) is 2.81. The average molecular weight is 256 g/mol. The Balaban J connectivity index is 0.00000144. The van der Waals surface area contributed by atoms with Crippen molar-refractivity contribution in [2.45, 2.75) is 45.7 Å². The van der Waals surface area contributed by atoms with Gasteiger partial charge in [-0.25, -0.2) is 9.97 Å². The molecule has 0 aromatic carbocycles. The SMILES string of the molecule is CC1CCCC(C)C1NCc1cncnc1.Cl. The maximum Gasteiger partial charge on any atom is 0.115 e. The van der Waals surface area contributed by atoms with Crippen LogP contribution in [0, 0.1) is 11.8 Å². The zero-order valence-corrected chi connectivity index (χ0v) is 11.4. The monoisotopic (exact) mass is 255 g/mol. The topological polar surface area (TPSA) is 37.8 Å². The summed E-state index contributed by atoms with van der Waals surface area (Å²) in [6, 6.07) is 0.647. The van der Waals surface area contributed by atoms with Gasteiger partial charge in [-0.05, 0) is 24.7 Å².